The summed E-state index contributed by atoms with van der Waals surface area (Å²) in [5.74, 6) is -0.390. The van der Waals surface area contributed by atoms with Gasteiger partial charge in [0.2, 0.25) is 10.0 Å². The molecule has 0 bridgehead atoms. The van der Waals surface area contributed by atoms with Gasteiger partial charge >= 0.3 is 0 Å². The number of hydrogen-bond donors (Lipinski definition) is 1. The van der Waals surface area contributed by atoms with Crippen LogP contribution in [0.25, 0.3) is 11.3 Å². The summed E-state index contributed by atoms with van der Waals surface area (Å²) in [4.78, 5) is 17.3. The number of sulfonamides is 1. The average Bonchev–Trinajstić information content (AvgIpc) is 3.33. The van der Waals surface area contributed by atoms with E-state index in [1.54, 1.807) is 23.6 Å². The molecular weight excluding hydrogens is 525 g/mol. The molecule has 0 spiro atoms. The lowest BCUT2D eigenvalue weighted by atomic mass is 10.0. The van der Waals surface area contributed by atoms with E-state index in [-0.39, 0.29) is 10.8 Å². The van der Waals surface area contributed by atoms with E-state index < -0.39 is 10.0 Å². The first-order chi connectivity index (χ1) is 16.8. The maximum Gasteiger partial charge on any atom is 0.257 e. The van der Waals surface area contributed by atoms with E-state index in [1.165, 1.54) is 45.5 Å². The van der Waals surface area contributed by atoms with E-state index in [1.807, 2.05) is 24.3 Å². The summed E-state index contributed by atoms with van der Waals surface area (Å²) in [5, 5.41) is 5.96. The third kappa shape index (κ3) is 4.98. The van der Waals surface area contributed by atoms with Crippen LogP contribution in [0.1, 0.15) is 21.5 Å². The lowest BCUT2D eigenvalue weighted by Gasteiger charge is -2.28. The molecule has 1 amide bonds. The van der Waals surface area contributed by atoms with Gasteiger partial charge in [-0.2, -0.15) is 4.31 Å². The zero-order valence-electron chi connectivity index (χ0n) is 18.2. The highest BCUT2D eigenvalue weighted by molar-refractivity contribution is 7.89. The normalized spacial score (nSPS) is 13.9. The van der Waals surface area contributed by atoms with Crippen LogP contribution in [0.15, 0.2) is 77.0 Å². The molecule has 1 aliphatic rings. The lowest BCUT2D eigenvalue weighted by Crippen LogP contribution is -2.35. The molecule has 1 N–H and O–H groups in total. The van der Waals surface area contributed by atoms with Gasteiger partial charge in [-0.05, 0) is 60.0 Å². The van der Waals surface area contributed by atoms with Crippen molar-refractivity contribution in [3.63, 3.8) is 0 Å². The summed E-state index contributed by atoms with van der Waals surface area (Å²) in [6, 6.07) is 18.9. The second kappa shape index (κ2) is 9.72. The molecule has 10 heteroatoms. The highest BCUT2D eigenvalue weighted by atomic mass is 35.5. The zero-order chi connectivity index (χ0) is 24.6. The summed E-state index contributed by atoms with van der Waals surface area (Å²) in [6.07, 6.45) is 0.673. The molecule has 6 nitrogen and oxygen atoms in total. The summed E-state index contributed by atoms with van der Waals surface area (Å²) in [5.41, 5.74) is 3.78. The lowest BCUT2D eigenvalue weighted by molar-refractivity contribution is 0.102. The molecule has 0 radical (unpaired) electrons. The van der Waals surface area contributed by atoms with Crippen molar-refractivity contribution >= 4 is 55.6 Å². The van der Waals surface area contributed by atoms with E-state index in [2.05, 4.69) is 10.3 Å². The molecule has 1 aromatic heterocycles. The number of nitrogens with zero attached hydrogens (tertiary/aromatic N) is 2. The first kappa shape index (κ1) is 24.0. The predicted molar refractivity (Wildman–Crippen MR) is 140 cm³/mol. The number of nitrogens with one attached hydrogen (secondary N) is 1. The molecule has 4 aromatic rings. The van der Waals surface area contributed by atoms with Crippen LogP contribution >= 0.6 is 34.5 Å². The number of carbonyl (C=O) groups excluding carboxylic acids is 1. The Morgan fingerprint density at radius 3 is 2.51 bits per heavy atom. The van der Waals surface area contributed by atoms with Crippen molar-refractivity contribution in [3.05, 3.63) is 98.8 Å². The molecule has 0 unspecified atom stereocenters. The minimum atomic E-state index is -3.67. The number of carbonyl (C=O) groups is 1. The van der Waals surface area contributed by atoms with Crippen LogP contribution in [0.4, 0.5) is 5.13 Å². The van der Waals surface area contributed by atoms with E-state index in [9.17, 15) is 13.2 Å². The smallest absolute Gasteiger partial charge is 0.257 e. The minimum Gasteiger partial charge on any atom is -0.298 e. The van der Waals surface area contributed by atoms with Gasteiger partial charge in [0.15, 0.2) is 5.13 Å². The maximum atomic E-state index is 13.2. The molecular formula is C25H19Cl2N3O3S2. The Labute approximate surface area is 217 Å². The van der Waals surface area contributed by atoms with E-state index >= 15 is 0 Å². The topological polar surface area (TPSA) is 79.4 Å². The number of halogens is 2. The molecule has 3 aromatic carbocycles. The standard InChI is InChI=1S/C25H19Cl2N3O3S2/c26-19-7-10-22(27)21(13-19)23-15-34-25(28-23)29-24(31)17-5-8-20(9-6-17)35(32,33)30-12-11-16-3-1-2-4-18(16)14-30/h1-10,13,15H,11-12,14H2,(H,28,29,31). The van der Waals surface area contributed by atoms with Crippen molar-refractivity contribution in [1.29, 1.82) is 0 Å². The van der Waals surface area contributed by atoms with Crippen molar-refractivity contribution in [3.8, 4) is 11.3 Å². The van der Waals surface area contributed by atoms with Crippen LogP contribution in [0.5, 0.6) is 0 Å². The molecule has 5 rings (SSSR count). The first-order valence-electron chi connectivity index (χ1n) is 10.7. The van der Waals surface area contributed by atoms with Crippen LogP contribution in [0.3, 0.4) is 0 Å². The van der Waals surface area contributed by atoms with Gasteiger partial charge in [0.1, 0.15) is 0 Å². The number of aromatic nitrogens is 1. The van der Waals surface area contributed by atoms with Crippen LogP contribution in [-0.4, -0.2) is 30.2 Å². The van der Waals surface area contributed by atoms with Gasteiger partial charge in [0, 0.05) is 34.6 Å². The number of fused-ring (bicyclic) bond motifs is 1. The van der Waals surface area contributed by atoms with Crippen molar-refractivity contribution < 1.29 is 13.2 Å². The van der Waals surface area contributed by atoms with E-state index in [0.717, 1.165) is 5.56 Å². The predicted octanol–water partition coefficient (Wildman–Crippen LogP) is 6.12. The Morgan fingerprint density at radius 1 is 1.00 bits per heavy atom. The minimum absolute atomic E-state index is 0.153. The monoisotopic (exact) mass is 543 g/mol. The fourth-order valence-electron chi connectivity index (χ4n) is 3.92. The van der Waals surface area contributed by atoms with Crippen molar-refractivity contribution in [2.45, 2.75) is 17.9 Å². The third-order valence-corrected chi connectivity index (χ3v) is 8.96. The van der Waals surface area contributed by atoms with Gasteiger partial charge in [-0.25, -0.2) is 13.4 Å². The summed E-state index contributed by atoms with van der Waals surface area (Å²) < 4.78 is 27.8. The molecule has 35 heavy (non-hydrogen) atoms. The number of hydrogen-bond acceptors (Lipinski definition) is 5. The number of thiazole rings is 1. The fourth-order valence-corrected chi connectivity index (χ4v) is 6.43. The van der Waals surface area contributed by atoms with Gasteiger partial charge in [-0.1, -0.05) is 47.5 Å². The van der Waals surface area contributed by atoms with Gasteiger partial charge < -0.3 is 0 Å². The highest BCUT2D eigenvalue weighted by Gasteiger charge is 2.28. The molecule has 0 saturated heterocycles. The van der Waals surface area contributed by atoms with Crippen LogP contribution in [0, 0.1) is 0 Å². The Balaban J connectivity index is 1.29. The second-order valence-electron chi connectivity index (χ2n) is 8.00. The fraction of sp³-hybridized carbons (Fsp3) is 0.120. The quantitative estimate of drug-likeness (QED) is 0.329. The number of amides is 1. The van der Waals surface area contributed by atoms with Crippen LogP contribution in [0.2, 0.25) is 10.0 Å². The largest absolute Gasteiger partial charge is 0.298 e. The number of benzene rings is 3. The van der Waals surface area contributed by atoms with Crippen LogP contribution < -0.4 is 5.32 Å². The summed E-state index contributed by atoms with van der Waals surface area (Å²) in [6.45, 7) is 0.758. The molecule has 0 fully saturated rings. The molecule has 1 aliphatic heterocycles. The SMILES string of the molecule is O=C(Nc1nc(-c2cc(Cl)ccc2Cl)cs1)c1ccc(S(=O)(=O)N2CCc3ccccc3C2)cc1. The molecule has 0 atom stereocenters. The zero-order valence-corrected chi connectivity index (χ0v) is 21.4. The summed E-state index contributed by atoms with van der Waals surface area (Å²) in [7, 11) is -3.67. The van der Waals surface area contributed by atoms with E-state index in [0.29, 0.717) is 51.5 Å². The number of anilines is 1. The maximum absolute atomic E-state index is 13.2. The van der Waals surface area contributed by atoms with Gasteiger partial charge in [0.25, 0.3) is 5.91 Å². The summed E-state index contributed by atoms with van der Waals surface area (Å²) >= 11 is 13.6. The van der Waals surface area contributed by atoms with Crippen LogP contribution in [-0.2, 0) is 23.0 Å². The van der Waals surface area contributed by atoms with E-state index in [4.69, 9.17) is 23.2 Å². The third-order valence-electron chi connectivity index (χ3n) is 5.78. The first-order valence-corrected chi connectivity index (χ1v) is 13.8. The van der Waals surface area contributed by atoms with Gasteiger partial charge in [0.05, 0.1) is 15.6 Å². The Bertz CT molecular complexity index is 1520. The van der Waals surface area contributed by atoms with Gasteiger partial charge in [-0.15, -0.1) is 11.3 Å². The molecule has 0 aliphatic carbocycles. The Kier molecular flexibility index (Phi) is 6.65. The van der Waals surface area contributed by atoms with Crippen molar-refractivity contribution in [1.82, 2.24) is 9.29 Å². The molecule has 2 heterocycles. The molecule has 178 valence electrons. The van der Waals surface area contributed by atoms with Gasteiger partial charge in [-0.3, -0.25) is 10.1 Å². The van der Waals surface area contributed by atoms with Crippen molar-refractivity contribution in [2.24, 2.45) is 0 Å². The van der Waals surface area contributed by atoms with Crippen molar-refractivity contribution in [2.75, 3.05) is 11.9 Å². The highest BCUT2D eigenvalue weighted by Crippen LogP contribution is 2.33. The molecule has 0 saturated carbocycles. The second-order valence-corrected chi connectivity index (χ2v) is 11.6. The average molecular weight is 544 g/mol. The number of rotatable bonds is 5. The Hall–Kier alpha value is -2.75. The Morgan fingerprint density at radius 2 is 1.74 bits per heavy atom.